The van der Waals surface area contributed by atoms with Gasteiger partial charge in [-0.2, -0.15) is 0 Å². The molecule has 0 spiro atoms. The Morgan fingerprint density at radius 1 is 1.00 bits per heavy atom. The van der Waals surface area contributed by atoms with Crippen LogP contribution in [0.25, 0.3) is 0 Å². The number of methoxy groups -OCH3 is 3. The van der Waals surface area contributed by atoms with E-state index in [1.165, 1.54) is 0 Å². The molecule has 1 saturated carbocycles. The van der Waals surface area contributed by atoms with Crippen molar-refractivity contribution in [2.24, 2.45) is 29.4 Å². The second-order valence-corrected chi connectivity index (χ2v) is 12.3. The fourth-order valence-corrected chi connectivity index (χ4v) is 6.05. The van der Waals surface area contributed by atoms with Gasteiger partial charge in [0.15, 0.2) is 11.5 Å². The van der Waals surface area contributed by atoms with Crippen LogP contribution in [0.15, 0.2) is 18.2 Å². The molecule has 0 saturated heterocycles. The molecule has 0 aliphatic heterocycles. The van der Waals surface area contributed by atoms with Gasteiger partial charge in [0.25, 0.3) is 0 Å². The zero-order valence-corrected chi connectivity index (χ0v) is 26.0. The molecular weight excluding hydrogens is 508 g/mol. The lowest BCUT2D eigenvalue weighted by molar-refractivity contribution is -0.130. The number of nitrogens with two attached hydrogens (primary N) is 1. The third-order valence-corrected chi connectivity index (χ3v) is 8.44. The molecule has 1 aromatic rings. The number of ether oxygens (including phenoxy) is 4. The Kier molecular flexibility index (Phi) is 14.7. The summed E-state index contributed by atoms with van der Waals surface area (Å²) in [6.07, 6.45) is 5.80. The van der Waals surface area contributed by atoms with E-state index in [2.05, 4.69) is 25.2 Å². The van der Waals surface area contributed by atoms with E-state index in [-0.39, 0.29) is 35.2 Å². The maximum atomic E-state index is 13.4. The average Bonchev–Trinajstić information content (AvgIpc) is 3.35. The van der Waals surface area contributed by atoms with Crippen LogP contribution in [-0.2, 0) is 20.7 Å². The SMILES string of the molecule is COCCCOc1cc(C[C@@H](C(C)C)[C@@H](N)C[C@@H](O)C[C@H](C(=O)NC2(COC)CCCC2)C(C)C)ccc1OC. The monoisotopic (exact) mass is 564 g/mol. The molecule has 1 amide bonds. The molecular formula is C32H56N2O6. The summed E-state index contributed by atoms with van der Waals surface area (Å²) in [5, 5.41) is 14.4. The number of amides is 1. The molecule has 230 valence electrons. The first-order chi connectivity index (χ1) is 19.1. The zero-order valence-electron chi connectivity index (χ0n) is 26.0. The molecule has 4 atom stereocenters. The lowest BCUT2D eigenvalue weighted by Crippen LogP contribution is -2.52. The van der Waals surface area contributed by atoms with Crippen LogP contribution in [0.1, 0.15) is 78.2 Å². The molecule has 0 unspecified atom stereocenters. The second kappa shape index (κ2) is 17.2. The number of hydrogen-bond donors (Lipinski definition) is 3. The fraction of sp³-hybridized carbons (Fsp3) is 0.781. The van der Waals surface area contributed by atoms with Gasteiger partial charge in [0.1, 0.15) is 0 Å². The highest BCUT2D eigenvalue weighted by atomic mass is 16.5. The third kappa shape index (κ3) is 10.5. The average molecular weight is 565 g/mol. The van der Waals surface area contributed by atoms with Gasteiger partial charge in [0.2, 0.25) is 5.91 Å². The lowest BCUT2D eigenvalue weighted by Gasteiger charge is -2.34. The molecule has 1 aliphatic carbocycles. The molecule has 8 nitrogen and oxygen atoms in total. The molecule has 1 fully saturated rings. The van der Waals surface area contributed by atoms with E-state index in [1.54, 1.807) is 21.3 Å². The standard InChI is InChI=1S/C32H56N2O6/c1-22(2)26(17-24-11-12-29(39-7)30(18-24)40-16-10-15-37-5)28(33)20-25(35)19-27(23(3)4)31(36)34-32(21-38-6)13-8-9-14-32/h11-12,18,22-23,25-28,35H,8-10,13-17,19-21,33H2,1-7H3,(H,34,36)/t25-,26-,27-,28-/m0/s1. The van der Waals surface area contributed by atoms with Crippen LogP contribution in [0.3, 0.4) is 0 Å². The van der Waals surface area contributed by atoms with Gasteiger partial charge in [-0.05, 0) is 67.6 Å². The molecule has 0 radical (unpaired) electrons. The van der Waals surface area contributed by atoms with Gasteiger partial charge >= 0.3 is 0 Å². The predicted molar refractivity (Wildman–Crippen MR) is 160 cm³/mol. The Bertz CT molecular complexity index is 871. The van der Waals surface area contributed by atoms with Gasteiger partial charge in [-0.25, -0.2) is 0 Å². The Hall–Kier alpha value is -1.87. The van der Waals surface area contributed by atoms with Crippen LogP contribution in [0.2, 0.25) is 0 Å². The van der Waals surface area contributed by atoms with Gasteiger partial charge in [-0.1, -0.05) is 46.6 Å². The van der Waals surface area contributed by atoms with Crippen molar-refractivity contribution in [3.8, 4) is 11.5 Å². The van der Waals surface area contributed by atoms with E-state index in [0.29, 0.717) is 50.1 Å². The summed E-state index contributed by atoms with van der Waals surface area (Å²) in [5.74, 6) is 1.72. The van der Waals surface area contributed by atoms with Crippen molar-refractivity contribution in [2.45, 2.75) is 96.7 Å². The fourth-order valence-electron chi connectivity index (χ4n) is 6.05. The maximum absolute atomic E-state index is 13.4. The Morgan fingerprint density at radius 3 is 2.27 bits per heavy atom. The lowest BCUT2D eigenvalue weighted by atomic mass is 9.79. The summed E-state index contributed by atoms with van der Waals surface area (Å²) in [4.78, 5) is 13.4. The topological polar surface area (TPSA) is 112 Å². The molecule has 4 N–H and O–H groups in total. The van der Waals surface area contributed by atoms with Crippen LogP contribution < -0.4 is 20.5 Å². The second-order valence-electron chi connectivity index (χ2n) is 12.3. The van der Waals surface area contributed by atoms with Gasteiger partial charge < -0.3 is 35.1 Å². The van der Waals surface area contributed by atoms with Crippen LogP contribution in [0.4, 0.5) is 0 Å². The van der Waals surface area contributed by atoms with Crippen molar-refractivity contribution in [1.29, 1.82) is 0 Å². The highest BCUT2D eigenvalue weighted by Crippen LogP contribution is 2.33. The van der Waals surface area contributed by atoms with Crippen molar-refractivity contribution >= 4 is 5.91 Å². The normalized spacial score (nSPS) is 18.0. The third-order valence-electron chi connectivity index (χ3n) is 8.44. The van der Waals surface area contributed by atoms with Crippen LogP contribution in [-0.4, -0.2) is 69.8 Å². The predicted octanol–water partition coefficient (Wildman–Crippen LogP) is 4.74. The number of carbonyl (C=O) groups excluding carboxylic acids is 1. The minimum absolute atomic E-state index is 0.0123. The first kappa shape index (κ1) is 34.3. The molecule has 1 aliphatic rings. The Balaban J connectivity index is 2.04. The van der Waals surface area contributed by atoms with Crippen LogP contribution in [0.5, 0.6) is 11.5 Å². The number of carbonyl (C=O) groups is 1. The van der Waals surface area contributed by atoms with Gasteiger partial charge in [-0.15, -0.1) is 0 Å². The summed E-state index contributed by atoms with van der Waals surface area (Å²) >= 11 is 0. The van der Waals surface area contributed by atoms with E-state index in [9.17, 15) is 9.90 Å². The van der Waals surface area contributed by atoms with Crippen LogP contribution >= 0.6 is 0 Å². The smallest absolute Gasteiger partial charge is 0.223 e. The highest BCUT2D eigenvalue weighted by molar-refractivity contribution is 5.79. The number of hydrogen-bond acceptors (Lipinski definition) is 7. The summed E-state index contributed by atoms with van der Waals surface area (Å²) in [7, 11) is 5.01. The first-order valence-electron chi connectivity index (χ1n) is 15.1. The van der Waals surface area contributed by atoms with Crippen molar-refractivity contribution in [1.82, 2.24) is 5.32 Å². The highest BCUT2D eigenvalue weighted by Gasteiger charge is 2.38. The van der Waals surface area contributed by atoms with E-state index in [4.69, 9.17) is 24.7 Å². The van der Waals surface area contributed by atoms with Crippen molar-refractivity contribution < 1.29 is 28.8 Å². The van der Waals surface area contributed by atoms with Crippen LogP contribution in [0, 0.1) is 23.7 Å². The largest absolute Gasteiger partial charge is 0.493 e. The van der Waals surface area contributed by atoms with Crippen molar-refractivity contribution in [3.63, 3.8) is 0 Å². The summed E-state index contributed by atoms with van der Waals surface area (Å²) < 4.78 is 22.0. The molecule has 0 bridgehead atoms. The quantitative estimate of drug-likeness (QED) is 0.208. The number of rotatable bonds is 19. The first-order valence-corrected chi connectivity index (χ1v) is 15.1. The summed E-state index contributed by atoms with van der Waals surface area (Å²) in [6.45, 7) is 10.1. The molecule has 0 heterocycles. The number of aliphatic hydroxyl groups is 1. The summed E-state index contributed by atoms with van der Waals surface area (Å²) in [6, 6.07) is 5.80. The molecule has 1 aromatic carbocycles. The molecule has 0 aromatic heterocycles. The van der Waals surface area contributed by atoms with Crippen molar-refractivity contribution in [2.75, 3.05) is 41.2 Å². The number of aliphatic hydroxyl groups excluding tert-OH is 1. The Morgan fingerprint density at radius 2 is 1.70 bits per heavy atom. The van der Waals surface area contributed by atoms with E-state index < -0.39 is 6.10 Å². The molecule has 40 heavy (non-hydrogen) atoms. The minimum Gasteiger partial charge on any atom is -0.493 e. The van der Waals surface area contributed by atoms with E-state index in [0.717, 1.165) is 44.1 Å². The van der Waals surface area contributed by atoms with Gasteiger partial charge in [0, 0.05) is 39.2 Å². The summed E-state index contributed by atoms with van der Waals surface area (Å²) in [5.41, 5.74) is 7.58. The van der Waals surface area contributed by atoms with Gasteiger partial charge in [-0.3, -0.25) is 4.79 Å². The number of benzene rings is 1. The van der Waals surface area contributed by atoms with Crippen molar-refractivity contribution in [3.05, 3.63) is 23.8 Å². The van der Waals surface area contributed by atoms with E-state index in [1.807, 2.05) is 26.0 Å². The van der Waals surface area contributed by atoms with Gasteiger partial charge in [0.05, 0.1) is 32.0 Å². The molecule has 8 heteroatoms. The number of nitrogens with one attached hydrogen (secondary N) is 1. The zero-order chi connectivity index (χ0) is 29.7. The maximum Gasteiger partial charge on any atom is 0.223 e. The minimum atomic E-state index is -0.660. The Labute approximate surface area is 242 Å². The van der Waals surface area contributed by atoms with E-state index >= 15 is 0 Å². The molecule has 2 rings (SSSR count).